The Morgan fingerprint density at radius 2 is 2.00 bits per heavy atom. The lowest BCUT2D eigenvalue weighted by Gasteiger charge is -2.37. The second kappa shape index (κ2) is 2.58. The molecule has 3 aliphatic rings. The first kappa shape index (κ1) is 6.16. The lowest BCUT2D eigenvalue weighted by molar-refractivity contribution is 0.293. The molecule has 0 aromatic heterocycles. The second-order valence-electron chi connectivity index (χ2n) is 3.48. The first-order chi connectivity index (χ1) is 4.45. The highest BCUT2D eigenvalue weighted by atomic mass is 31.1. The SMILES string of the molecule is C1CCC2CC(C2)PC1. The predicted octanol–water partition coefficient (Wildman–Crippen LogP) is 2.63. The van der Waals surface area contributed by atoms with Crippen LogP contribution in [0.15, 0.2) is 0 Å². The van der Waals surface area contributed by atoms with Crippen LogP contribution in [0.4, 0.5) is 0 Å². The van der Waals surface area contributed by atoms with Crippen molar-refractivity contribution in [3.05, 3.63) is 0 Å². The maximum atomic E-state index is 1.60. The third-order valence-corrected chi connectivity index (χ3v) is 4.40. The molecule has 0 aromatic rings. The van der Waals surface area contributed by atoms with E-state index in [4.69, 9.17) is 0 Å². The molecule has 2 saturated heterocycles. The topological polar surface area (TPSA) is 0 Å². The van der Waals surface area contributed by atoms with Crippen molar-refractivity contribution in [2.45, 2.75) is 37.8 Å². The maximum Gasteiger partial charge on any atom is -0.0231 e. The van der Waals surface area contributed by atoms with E-state index >= 15 is 0 Å². The summed E-state index contributed by atoms with van der Waals surface area (Å²) >= 11 is 0. The molecule has 52 valence electrons. The average molecular weight is 142 g/mol. The molecule has 1 unspecified atom stereocenters. The van der Waals surface area contributed by atoms with Crippen LogP contribution in [0.3, 0.4) is 0 Å². The zero-order chi connectivity index (χ0) is 6.10. The van der Waals surface area contributed by atoms with Crippen molar-refractivity contribution >= 4 is 8.58 Å². The van der Waals surface area contributed by atoms with Crippen LogP contribution in [0.2, 0.25) is 0 Å². The molecule has 1 heteroatoms. The quantitative estimate of drug-likeness (QED) is 0.456. The van der Waals surface area contributed by atoms with Crippen LogP contribution in [-0.2, 0) is 0 Å². The summed E-state index contributed by atoms with van der Waals surface area (Å²) in [6, 6.07) is 0. The summed E-state index contributed by atoms with van der Waals surface area (Å²) in [5.74, 6) is 1.17. The van der Waals surface area contributed by atoms with Gasteiger partial charge in [0.25, 0.3) is 0 Å². The van der Waals surface area contributed by atoms with Crippen LogP contribution in [0, 0.1) is 5.92 Å². The minimum absolute atomic E-state index is 1.17. The fraction of sp³-hybridized carbons (Fsp3) is 1.00. The third kappa shape index (κ3) is 1.29. The lowest BCUT2D eigenvalue weighted by atomic mass is 9.81. The summed E-state index contributed by atoms with van der Waals surface area (Å²) in [6.07, 6.45) is 9.37. The van der Waals surface area contributed by atoms with Gasteiger partial charge in [-0.3, -0.25) is 0 Å². The monoisotopic (exact) mass is 142 g/mol. The van der Waals surface area contributed by atoms with Crippen molar-refractivity contribution in [1.82, 2.24) is 0 Å². The minimum atomic E-state index is 1.17. The third-order valence-electron chi connectivity index (χ3n) is 2.71. The van der Waals surface area contributed by atoms with Gasteiger partial charge in [-0.2, -0.15) is 0 Å². The van der Waals surface area contributed by atoms with Crippen molar-refractivity contribution in [3.8, 4) is 0 Å². The molecule has 2 aliphatic heterocycles. The Bertz CT molecular complexity index is 79.2. The van der Waals surface area contributed by atoms with Crippen LogP contribution >= 0.6 is 8.58 Å². The number of hydrogen-bond acceptors (Lipinski definition) is 0. The summed E-state index contributed by atoms with van der Waals surface area (Å²) in [4.78, 5) is 0. The van der Waals surface area contributed by atoms with E-state index in [-0.39, 0.29) is 0 Å². The highest BCUT2D eigenvalue weighted by Gasteiger charge is 2.29. The predicted molar refractivity (Wildman–Crippen MR) is 43.5 cm³/mol. The van der Waals surface area contributed by atoms with E-state index in [1.807, 2.05) is 0 Å². The first-order valence-corrected chi connectivity index (χ1v) is 5.47. The van der Waals surface area contributed by atoms with Gasteiger partial charge in [-0.1, -0.05) is 12.8 Å². The van der Waals surface area contributed by atoms with Gasteiger partial charge in [0, 0.05) is 0 Å². The Morgan fingerprint density at radius 1 is 1.11 bits per heavy atom. The molecule has 0 spiro atoms. The zero-order valence-electron chi connectivity index (χ0n) is 5.90. The van der Waals surface area contributed by atoms with Gasteiger partial charge in [0.1, 0.15) is 0 Å². The van der Waals surface area contributed by atoms with Gasteiger partial charge in [-0.25, -0.2) is 0 Å². The number of hydrogen-bond donors (Lipinski definition) is 0. The summed E-state index contributed by atoms with van der Waals surface area (Å²) in [5, 5.41) is 0. The van der Waals surface area contributed by atoms with Gasteiger partial charge in [-0.05, 0) is 37.0 Å². The van der Waals surface area contributed by atoms with Gasteiger partial charge >= 0.3 is 0 Å². The summed E-state index contributed by atoms with van der Waals surface area (Å²) < 4.78 is 0. The molecule has 3 fully saturated rings. The Labute approximate surface area is 59.2 Å². The van der Waals surface area contributed by atoms with Crippen molar-refractivity contribution in [3.63, 3.8) is 0 Å². The standard InChI is InChI=1S/C8H15P/c1-2-4-9-8-5-7(3-1)6-8/h7-9H,1-6H2. The highest BCUT2D eigenvalue weighted by Crippen LogP contribution is 2.45. The molecule has 2 bridgehead atoms. The summed E-state index contributed by atoms with van der Waals surface area (Å²) in [7, 11) is 1.33. The van der Waals surface area contributed by atoms with Gasteiger partial charge in [-0.15, -0.1) is 8.58 Å². The van der Waals surface area contributed by atoms with E-state index in [2.05, 4.69) is 0 Å². The molecule has 1 atom stereocenters. The van der Waals surface area contributed by atoms with E-state index in [1.54, 1.807) is 25.4 Å². The minimum Gasteiger partial charge on any atom is -0.119 e. The molecular weight excluding hydrogens is 127 g/mol. The van der Waals surface area contributed by atoms with Gasteiger partial charge in [0.2, 0.25) is 0 Å². The maximum absolute atomic E-state index is 1.60. The highest BCUT2D eigenvalue weighted by molar-refractivity contribution is 7.38. The lowest BCUT2D eigenvalue weighted by Crippen LogP contribution is -2.26. The van der Waals surface area contributed by atoms with E-state index in [0.29, 0.717) is 0 Å². The van der Waals surface area contributed by atoms with Crippen LogP contribution in [0.1, 0.15) is 32.1 Å². The molecular formula is C8H15P. The summed E-state index contributed by atoms with van der Waals surface area (Å²) in [5.41, 5.74) is 1.19. The van der Waals surface area contributed by atoms with Crippen LogP contribution in [-0.4, -0.2) is 11.8 Å². The van der Waals surface area contributed by atoms with E-state index in [9.17, 15) is 0 Å². The van der Waals surface area contributed by atoms with Gasteiger partial charge in [0.05, 0.1) is 0 Å². The van der Waals surface area contributed by atoms with Crippen LogP contribution < -0.4 is 0 Å². The van der Waals surface area contributed by atoms with Crippen molar-refractivity contribution < 1.29 is 0 Å². The molecule has 3 rings (SSSR count). The van der Waals surface area contributed by atoms with Crippen molar-refractivity contribution in [2.24, 2.45) is 5.92 Å². The van der Waals surface area contributed by atoms with Crippen LogP contribution in [0.25, 0.3) is 0 Å². The Hall–Kier alpha value is 0.430. The normalized spacial score (nSPS) is 45.3. The molecule has 1 aliphatic carbocycles. The Kier molecular flexibility index (Phi) is 1.77. The Balaban J connectivity index is 1.85. The molecule has 0 aromatic carbocycles. The molecule has 0 radical (unpaired) electrons. The second-order valence-corrected chi connectivity index (χ2v) is 5.21. The van der Waals surface area contributed by atoms with Crippen LogP contribution in [0.5, 0.6) is 0 Å². The fourth-order valence-corrected chi connectivity index (χ4v) is 3.86. The average Bonchev–Trinajstić information content (AvgIpc) is 1.54. The zero-order valence-corrected chi connectivity index (χ0v) is 6.90. The molecule has 1 saturated carbocycles. The molecule has 0 nitrogen and oxygen atoms in total. The summed E-state index contributed by atoms with van der Waals surface area (Å²) in [6.45, 7) is 0. The molecule has 0 amide bonds. The molecule has 2 heterocycles. The molecule has 9 heavy (non-hydrogen) atoms. The Morgan fingerprint density at radius 3 is 2.89 bits per heavy atom. The fourth-order valence-electron chi connectivity index (χ4n) is 2.00. The number of fused-ring (bicyclic) bond motifs is 4. The van der Waals surface area contributed by atoms with E-state index < -0.39 is 0 Å². The molecule has 0 N–H and O–H groups in total. The number of rotatable bonds is 0. The van der Waals surface area contributed by atoms with Gasteiger partial charge in [0.15, 0.2) is 0 Å². The van der Waals surface area contributed by atoms with E-state index in [1.165, 1.54) is 33.0 Å². The van der Waals surface area contributed by atoms with E-state index in [0.717, 1.165) is 0 Å². The van der Waals surface area contributed by atoms with Crippen molar-refractivity contribution in [1.29, 1.82) is 0 Å². The van der Waals surface area contributed by atoms with Crippen molar-refractivity contribution in [2.75, 3.05) is 6.16 Å². The largest absolute Gasteiger partial charge is 0.119 e. The smallest absolute Gasteiger partial charge is 0.0231 e. The first-order valence-electron chi connectivity index (χ1n) is 4.18. The van der Waals surface area contributed by atoms with Gasteiger partial charge < -0.3 is 0 Å².